The van der Waals surface area contributed by atoms with Crippen molar-refractivity contribution in [3.63, 3.8) is 0 Å². The zero-order valence-corrected chi connectivity index (χ0v) is 16.7. The molecule has 2 bridgehead atoms. The number of aliphatic hydroxyl groups excluding tert-OH is 1. The van der Waals surface area contributed by atoms with Gasteiger partial charge in [0.05, 0.1) is 24.4 Å². The first-order valence-electron chi connectivity index (χ1n) is 10.2. The van der Waals surface area contributed by atoms with E-state index in [4.69, 9.17) is 9.47 Å². The van der Waals surface area contributed by atoms with Crippen LogP contribution in [0.5, 0.6) is 0 Å². The molecule has 0 saturated heterocycles. The van der Waals surface area contributed by atoms with Crippen LogP contribution in [0.2, 0.25) is 0 Å². The van der Waals surface area contributed by atoms with Gasteiger partial charge in [0.1, 0.15) is 0 Å². The monoisotopic (exact) mass is 384 g/mol. The van der Waals surface area contributed by atoms with Crippen LogP contribution in [0.3, 0.4) is 0 Å². The standard InChI is InChI=1S/C24H32O4/c1-20-13-7-3-2-4-8-14-21(25)19-23-17-11-5-9-15-22(28-23)16-10-6-12-18-24(26)27-20/h2,4-6,8-12,14-15,18,20-23,25H,3,7,13,16-17,19H2,1H3. The summed E-state index contributed by atoms with van der Waals surface area (Å²) in [6.07, 6.45) is 26.8. The van der Waals surface area contributed by atoms with Gasteiger partial charge >= 0.3 is 5.97 Å². The zero-order chi connectivity index (χ0) is 20.0. The number of hydrogen-bond donors (Lipinski definition) is 1. The maximum absolute atomic E-state index is 11.8. The summed E-state index contributed by atoms with van der Waals surface area (Å²) in [6, 6.07) is 0. The average molecular weight is 385 g/mol. The van der Waals surface area contributed by atoms with Gasteiger partial charge in [-0.05, 0) is 39.0 Å². The first kappa shape index (κ1) is 22.1. The summed E-state index contributed by atoms with van der Waals surface area (Å²) in [5.74, 6) is -0.314. The lowest BCUT2D eigenvalue weighted by atomic mass is 10.1. The number of ether oxygens (including phenoxy) is 2. The second-order valence-electron chi connectivity index (χ2n) is 7.16. The molecule has 2 rings (SSSR count). The second-order valence-corrected chi connectivity index (χ2v) is 7.16. The summed E-state index contributed by atoms with van der Waals surface area (Å²) in [5.41, 5.74) is 0. The van der Waals surface area contributed by atoms with Gasteiger partial charge in [0.25, 0.3) is 0 Å². The third-order valence-corrected chi connectivity index (χ3v) is 4.57. The van der Waals surface area contributed by atoms with E-state index in [1.165, 1.54) is 6.08 Å². The van der Waals surface area contributed by atoms with Gasteiger partial charge in [-0.15, -0.1) is 0 Å². The number of cyclic esters (lactones) is 1. The molecule has 0 aromatic heterocycles. The van der Waals surface area contributed by atoms with Crippen molar-refractivity contribution in [2.24, 2.45) is 0 Å². The molecule has 4 unspecified atom stereocenters. The number of hydrogen-bond acceptors (Lipinski definition) is 4. The van der Waals surface area contributed by atoms with Crippen LogP contribution >= 0.6 is 0 Å². The smallest absolute Gasteiger partial charge is 0.331 e. The van der Waals surface area contributed by atoms with Gasteiger partial charge in [0, 0.05) is 12.5 Å². The molecular weight excluding hydrogens is 352 g/mol. The molecular formula is C24H32O4. The van der Waals surface area contributed by atoms with Gasteiger partial charge in [-0.2, -0.15) is 0 Å². The topological polar surface area (TPSA) is 55.8 Å². The highest BCUT2D eigenvalue weighted by atomic mass is 16.5. The SMILES string of the molecule is CC1CCCC=CC=CC(O)CC2CC=CC=CC(CC=CC=CC(=O)O1)O2. The Morgan fingerprint density at radius 3 is 2.61 bits per heavy atom. The van der Waals surface area contributed by atoms with Crippen molar-refractivity contribution in [2.45, 2.75) is 69.9 Å². The van der Waals surface area contributed by atoms with E-state index in [1.54, 1.807) is 12.2 Å². The predicted molar refractivity (Wildman–Crippen MR) is 113 cm³/mol. The van der Waals surface area contributed by atoms with Gasteiger partial charge in [0.15, 0.2) is 0 Å². The Bertz CT molecular complexity index is 639. The predicted octanol–water partition coefficient (Wildman–Crippen LogP) is 4.74. The quantitative estimate of drug-likeness (QED) is 0.613. The third kappa shape index (κ3) is 9.67. The van der Waals surface area contributed by atoms with E-state index in [2.05, 4.69) is 12.2 Å². The van der Waals surface area contributed by atoms with Crippen LogP contribution in [-0.4, -0.2) is 35.5 Å². The highest BCUT2D eigenvalue weighted by molar-refractivity contribution is 5.82. The van der Waals surface area contributed by atoms with Crippen molar-refractivity contribution in [1.82, 2.24) is 0 Å². The fourth-order valence-corrected chi connectivity index (χ4v) is 3.09. The Hall–Kier alpha value is -2.17. The summed E-state index contributed by atoms with van der Waals surface area (Å²) in [5, 5.41) is 10.3. The van der Waals surface area contributed by atoms with Crippen LogP contribution < -0.4 is 0 Å². The highest BCUT2D eigenvalue weighted by Gasteiger charge is 2.17. The zero-order valence-electron chi connectivity index (χ0n) is 16.7. The molecule has 0 saturated carbocycles. The number of rotatable bonds is 0. The van der Waals surface area contributed by atoms with Crippen LogP contribution in [0.25, 0.3) is 0 Å². The Morgan fingerprint density at radius 1 is 0.964 bits per heavy atom. The van der Waals surface area contributed by atoms with Crippen molar-refractivity contribution in [2.75, 3.05) is 0 Å². The fraction of sp³-hybridized carbons (Fsp3) is 0.458. The Kier molecular flexibility index (Phi) is 10.3. The summed E-state index contributed by atoms with van der Waals surface area (Å²) >= 11 is 0. The highest BCUT2D eigenvalue weighted by Crippen LogP contribution is 2.17. The first-order chi connectivity index (χ1) is 13.6. The van der Waals surface area contributed by atoms with E-state index in [0.717, 1.165) is 25.7 Å². The van der Waals surface area contributed by atoms with Gasteiger partial charge in [-0.1, -0.05) is 66.8 Å². The molecule has 0 aliphatic carbocycles. The molecule has 28 heavy (non-hydrogen) atoms. The molecule has 2 heterocycles. The van der Waals surface area contributed by atoms with Gasteiger partial charge < -0.3 is 14.6 Å². The third-order valence-electron chi connectivity index (χ3n) is 4.57. The van der Waals surface area contributed by atoms with Crippen LogP contribution in [0, 0.1) is 0 Å². The number of aliphatic hydroxyl groups is 1. The molecule has 0 radical (unpaired) electrons. The maximum atomic E-state index is 11.8. The van der Waals surface area contributed by atoms with E-state index >= 15 is 0 Å². The van der Waals surface area contributed by atoms with Crippen molar-refractivity contribution in [3.05, 3.63) is 72.9 Å². The molecule has 0 fully saturated rings. The van der Waals surface area contributed by atoms with Gasteiger partial charge in [0.2, 0.25) is 0 Å². The minimum absolute atomic E-state index is 0.0409. The number of allylic oxidation sites excluding steroid dienone is 7. The largest absolute Gasteiger partial charge is 0.460 e. The lowest BCUT2D eigenvalue weighted by Gasteiger charge is -2.24. The van der Waals surface area contributed by atoms with Crippen LogP contribution in [-0.2, 0) is 14.3 Å². The molecule has 0 amide bonds. The van der Waals surface area contributed by atoms with E-state index in [9.17, 15) is 9.90 Å². The molecule has 2 aliphatic rings. The van der Waals surface area contributed by atoms with Crippen molar-refractivity contribution in [3.8, 4) is 0 Å². The van der Waals surface area contributed by atoms with Crippen LogP contribution in [0.1, 0.15) is 45.4 Å². The number of carbonyl (C=O) groups is 1. The summed E-state index contributed by atoms with van der Waals surface area (Å²) < 4.78 is 11.5. The molecule has 4 atom stereocenters. The molecule has 1 N–H and O–H groups in total. The van der Waals surface area contributed by atoms with Crippen molar-refractivity contribution >= 4 is 5.97 Å². The molecule has 0 aromatic rings. The molecule has 4 nitrogen and oxygen atoms in total. The Morgan fingerprint density at radius 2 is 1.71 bits per heavy atom. The minimum atomic E-state index is -0.532. The second kappa shape index (κ2) is 13.1. The first-order valence-corrected chi connectivity index (χ1v) is 10.2. The summed E-state index contributed by atoms with van der Waals surface area (Å²) in [4.78, 5) is 11.8. The minimum Gasteiger partial charge on any atom is -0.460 e. The fourth-order valence-electron chi connectivity index (χ4n) is 3.09. The maximum Gasteiger partial charge on any atom is 0.331 e. The van der Waals surface area contributed by atoms with Gasteiger partial charge in [-0.3, -0.25) is 0 Å². The van der Waals surface area contributed by atoms with E-state index in [0.29, 0.717) is 12.8 Å². The Labute approximate surface area is 168 Å². The lowest BCUT2D eigenvalue weighted by molar-refractivity contribution is -0.142. The summed E-state index contributed by atoms with van der Waals surface area (Å²) in [7, 11) is 0. The van der Waals surface area contributed by atoms with Crippen molar-refractivity contribution < 1.29 is 19.4 Å². The van der Waals surface area contributed by atoms with Crippen molar-refractivity contribution in [1.29, 1.82) is 0 Å². The van der Waals surface area contributed by atoms with Gasteiger partial charge in [-0.25, -0.2) is 4.79 Å². The number of esters is 1. The van der Waals surface area contributed by atoms with E-state index in [-0.39, 0.29) is 24.3 Å². The average Bonchev–Trinajstić information content (AvgIpc) is 2.63. The van der Waals surface area contributed by atoms with Crippen LogP contribution in [0.15, 0.2) is 72.9 Å². The Balaban J connectivity index is 2.04. The van der Waals surface area contributed by atoms with E-state index < -0.39 is 6.10 Å². The van der Waals surface area contributed by atoms with Crippen LogP contribution in [0.4, 0.5) is 0 Å². The molecule has 2 aliphatic heterocycles. The molecule has 4 heteroatoms. The molecule has 152 valence electrons. The van der Waals surface area contributed by atoms with E-state index in [1.807, 2.05) is 49.5 Å². The molecule has 0 aromatic carbocycles. The lowest BCUT2D eigenvalue weighted by Crippen LogP contribution is -2.25. The number of fused-ring (bicyclic) bond motifs is 2. The normalized spacial score (nSPS) is 30.4. The number of carbonyl (C=O) groups excluding carboxylic acids is 1. The molecule has 0 spiro atoms. The summed E-state index contributed by atoms with van der Waals surface area (Å²) in [6.45, 7) is 1.91.